The van der Waals surface area contributed by atoms with E-state index >= 15 is 0 Å². The van der Waals surface area contributed by atoms with Crippen LogP contribution in [0, 0.1) is 0 Å². The maximum Gasteiger partial charge on any atom is 0.0730 e. The van der Waals surface area contributed by atoms with Crippen LogP contribution in [0.25, 0.3) is 38.6 Å². The summed E-state index contributed by atoms with van der Waals surface area (Å²) in [5, 5.41) is 2.52. The molecule has 0 saturated heterocycles. The number of methoxy groups -OCH3 is 1. The Morgan fingerprint density at radius 3 is 2.24 bits per heavy atom. The molecule has 0 aliphatic heterocycles. The van der Waals surface area contributed by atoms with E-state index in [4.69, 9.17) is 4.74 Å². The summed E-state index contributed by atoms with van der Waals surface area (Å²) >= 11 is 3.72. The van der Waals surface area contributed by atoms with Crippen molar-refractivity contribution in [1.82, 2.24) is 4.57 Å². The highest BCUT2D eigenvalue weighted by Crippen LogP contribution is 2.40. The predicted octanol–water partition coefficient (Wildman–Crippen LogP) is 7.36. The summed E-state index contributed by atoms with van der Waals surface area (Å²) in [7, 11) is 1.74. The van der Waals surface area contributed by atoms with Gasteiger partial charge in [0.05, 0.1) is 17.6 Å². The molecule has 0 radical (unpaired) electrons. The van der Waals surface area contributed by atoms with E-state index in [1.54, 1.807) is 7.11 Å². The topological polar surface area (TPSA) is 14.2 Å². The molecular formula is C26H20BrNO. The van der Waals surface area contributed by atoms with Crippen LogP contribution in [0.2, 0.25) is 0 Å². The van der Waals surface area contributed by atoms with E-state index in [1.165, 1.54) is 44.2 Å². The summed E-state index contributed by atoms with van der Waals surface area (Å²) in [6.07, 6.45) is 0. The zero-order chi connectivity index (χ0) is 19.8. The summed E-state index contributed by atoms with van der Waals surface area (Å²) in [4.78, 5) is 0. The van der Waals surface area contributed by atoms with Crippen molar-refractivity contribution in [1.29, 1.82) is 0 Å². The molecule has 142 valence electrons. The standard InChI is InChI=1S/C26H20BrNO/c1-29-17-22-19(12-7-14-23(22)27)20-13-8-16-25-26(20)21-11-5-6-15-24(21)28(25)18-9-3-2-4-10-18/h2-16H,17H2,1H3. The Bertz CT molecular complexity index is 1320. The fourth-order valence-electron chi connectivity index (χ4n) is 4.20. The van der Waals surface area contributed by atoms with Gasteiger partial charge >= 0.3 is 0 Å². The van der Waals surface area contributed by atoms with Gasteiger partial charge in [0.25, 0.3) is 0 Å². The monoisotopic (exact) mass is 441 g/mol. The van der Waals surface area contributed by atoms with Gasteiger partial charge < -0.3 is 9.30 Å². The molecule has 0 fully saturated rings. The molecule has 0 bridgehead atoms. The number of hydrogen-bond donors (Lipinski definition) is 0. The lowest BCUT2D eigenvalue weighted by Gasteiger charge is -2.13. The number of nitrogens with zero attached hydrogens (tertiary/aromatic N) is 1. The molecule has 0 atom stereocenters. The van der Waals surface area contributed by atoms with E-state index < -0.39 is 0 Å². The quantitative estimate of drug-likeness (QED) is 0.284. The maximum absolute atomic E-state index is 5.51. The molecule has 0 unspecified atom stereocenters. The fourth-order valence-corrected chi connectivity index (χ4v) is 4.68. The highest BCUT2D eigenvalue weighted by Gasteiger charge is 2.17. The van der Waals surface area contributed by atoms with Crippen LogP contribution in [-0.4, -0.2) is 11.7 Å². The van der Waals surface area contributed by atoms with E-state index in [0.717, 1.165) is 4.47 Å². The van der Waals surface area contributed by atoms with Crippen molar-refractivity contribution in [2.24, 2.45) is 0 Å². The molecule has 0 N–H and O–H groups in total. The van der Waals surface area contributed by atoms with Gasteiger partial charge in [-0.15, -0.1) is 0 Å². The van der Waals surface area contributed by atoms with Crippen molar-refractivity contribution >= 4 is 37.7 Å². The first-order valence-corrected chi connectivity index (χ1v) is 10.4. The van der Waals surface area contributed by atoms with Crippen LogP contribution in [0.3, 0.4) is 0 Å². The van der Waals surface area contributed by atoms with E-state index in [1.807, 2.05) is 0 Å². The Kier molecular flexibility index (Phi) is 4.70. The van der Waals surface area contributed by atoms with Gasteiger partial charge in [-0.05, 0) is 47.0 Å². The lowest BCUT2D eigenvalue weighted by Crippen LogP contribution is -1.95. The van der Waals surface area contributed by atoms with Crippen molar-refractivity contribution in [2.45, 2.75) is 6.61 Å². The highest BCUT2D eigenvalue weighted by molar-refractivity contribution is 9.10. The first kappa shape index (κ1) is 18.2. The molecule has 2 nitrogen and oxygen atoms in total. The third-order valence-electron chi connectivity index (χ3n) is 5.41. The average molecular weight is 442 g/mol. The minimum Gasteiger partial charge on any atom is -0.380 e. The Balaban J connectivity index is 1.91. The van der Waals surface area contributed by atoms with E-state index in [9.17, 15) is 0 Å². The summed E-state index contributed by atoms with van der Waals surface area (Å²) in [6, 6.07) is 32.1. The van der Waals surface area contributed by atoms with Crippen LogP contribution in [0.5, 0.6) is 0 Å². The van der Waals surface area contributed by atoms with Gasteiger partial charge in [0.1, 0.15) is 0 Å². The van der Waals surface area contributed by atoms with E-state index in [0.29, 0.717) is 6.61 Å². The molecule has 0 aliphatic carbocycles. The van der Waals surface area contributed by atoms with Crippen molar-refractivity contribution in [3.05, 3.63) is 101 Å². The van der Waals surface area contributed by atoms with Crippen molar-refractivity contribution in [3.63, 3.8) is 0 Å². The van der Waals surface area contributed by atoms with Crippen LogP contribution in [-0.2, 0) is 11.3 Å². The third kappa shape index (κ3) is 2.98. The number of benzene rings is 4. The maximum atomic E-state index is 5.51. The molecule has 5 rings (SSSR count). The summed E-state index contributed by atoms with van der Waals surface area (Å²) in [5.74, 6) is 0. The number of fused-ring (bicyclic) bond motifs is 3. The number of ether oxygens (including phenoxy) is 1. The minimum absolute atomic E-state index is 0.560. The number of halogens is 1. The number of rotatable bonds is 4. The van der Waals surface area contributed by atoms with Gasteiger partial charge in [0.15, 0.2) is 0 Å². The average Bonchev–Trinajstić information content (AvgIpc) is 3.10. The SMILES string of the molecule is COCc1c(Br)cccc1-c1cccc2c1c1ccccc1n2-c1ccccc1. The molecule has 3 heteroatoms. The molecular weight excluding hydrogens is 422 g/mol. The van der Waals surface area contributed by atoms with E-state index in [-0.39, 0.29) is 0 Å². The smallest absolute Gasteiger partial charge is 0.0730 e. The molecule has 0 amide bonds. The molecule has 29 heavy (non-hydrogen) atoms. The summed E-state index contributed by atoms with van der Waals surface area (Å²) in [5.41, 5.74) is 7.17. The van der Waals surface area contributed by atoms with E-state index in [2.05, 4.69) is 111 Å². The van der Waals surface area contributed by atoms with Crippen LogP contribution in [0.4, 0.5) is 0 Å². The van der Waals surface area contributed by atoms with Crippen molar-refractivity contribution < 1.29 is 4.74 Å². The molecule has 0 saturated carbocycles. The first-order chi connectivity index (χ1) is 14.3. The minimum atomic E-state index is 0.560. The molecule has 5 aromatic rings. The Labute approximate surface area is 178 Å². The second-order valence-corrected chi connectivity index (χ2v) is 7.94. The third-order valence-corrected chi connectivity index (χ3v) is 6.15. The zero-order valence-electron chi connectivity index (χ0n) is 16.1. The van der Waals surface area contributed by atoms with Gasteiger partial charge in [-0.3, -0.25) is 0 Å². The number of aromatic nitrogens is 1. The molecule has 1 aromatic heterocycles. The van der Waals surface area contributed by atoms with Crippen LogP contribution in [0.1, 0.15) is 5.56 Å². The Morgan fingerprint density at radius 2 is 1.41 bits per heavy atom. The van der Waals surface area contributed by atoms with Gasteiger partial charge in [0.2, 0.25) is 0 Å². The second kappa shape index (κ2) is 7.51. The largest absolute Gasteiger partial charge is 0.380 e. The van der Waals surface area contributed by atoms with Crippen LogP contribution < -0.4 is 0 Å². The van der Waals surface area contributed by atoms with Crippen LogP contribution >= 0.6 is 15.9 Å². The summed E-state index contributed by atoms with van der Waals surface area (Å²) < 4.78 is 8.93. The Morgan fingerprint density at radius 1 is 0.724 bits per heavy atom. The van der Waals surface area contributed by atoms with Gasteiger partial charge in [-0.2, -0.15) is 0 Å². The molecule has 0 aliphatic rings. The summed E-state index contributed by atoms with van der Waals surface area (Å²) in [6.45, 7) is 0.560. The van der Waals surface area contributed by atoms with Gasteiger partial charge in [0, 0.05) is 28.0 Å². The van der Waals surface area contributed by atoms with Crippen molar-refractivity contribution in [3.8, 4) is 16.8 Å². The lowest BCUT2D eigenvalue weighted by atomic mass is 9.95. The predicted molar refractivity (Wildman–Crippen MR) is 125 cm³/mol. The number of hydrogen-bond acceptors (Lipinski definition) is 1. The molecule has 0 spiro atoms. The first-order valence-electron chi connectivity index (χ1n) is 9.64. The van der Waals surface area contributed by atoms with Crippen LogP contribution in [0.15, 0.2) is 95.5 Å². The number of para-hydroxylation sites is 2. The Hall–Kier alpha value is -2.88. The lowest BCUT2D eigenvalue weighted by molar-refractivity contribution is 0.185. The molecule has 4 aromatic carbocycles. The van der Waals surface area contributed by atoms with Gasteiger partial charge in [-0.1, -0.05) is 76.6 Å². The zero-order valence-corrected chi connectivity index (χ0v) is 17.7. The van der Waals surface area contributed by atoms with Gasteiger partial charge in [-0.25, -0.2) is 0 Å². The second-order valence-electron chi connectivity index (χ2n) is 7.09. The normalized spacial score (nSPS) is 11.4. The highest BCUT2D eigenvalue weighted by atomic mass is 79.9. The fraction of sp³-hybridized carbons (Fsp3) is 0.0769. The van der Waals surface area contributed by atoms with Crippen molar-refractivity contribution in [2.75, 3.05) is 7.11 Å². The molecule has 1 heterocycles.